The quantitative estimate of drug-likeness (QED) is 0.671. The number of halogens is 1. The molecule has 2 unspecified atom stereocenters. The first-order valence-electron chi connectivity index (χ1n) is 11.8. The van der Waals surface area contributed by atoms with E-state index in [1.54, 1.807) is 17.0 Å². The second kappa shape index (κ2) is 9.52. The fourth-order valence-electron chi connectivity index (χ4n) is 5.03. The fraction of sp³-hybridized carbons (Fsp3) is 0.462. The van der Waals surface area contributed by atoms with Crippen LogP contribution < -0.4 is 15.1 Å². The maximum atomic E-state index is 14.2. The first-order chi connectivity index (χ1) is 16.1. The van der Waals surface area contributed by atoms with Crippen molar-refractivity contribution in [2.75, 3.05) is 29.4 Å². The van der Waals surface area contributed by atoms with E-state index in [1.807, 2.05) is 51.1 Å². The molecule has 1 saturated heterocycles. The van der Waals surface area contributed by atoms with Crippen LogP contribution in [0.5, 0.6) is 0 Å². The zero-order valence-electron chi connectivity index (χ0n) is 20.0. The van der Waals surface area contributed by atoms with Crippen molar-refractivity contribution in [2.24, 2.45) is 5.41 Å². The van der Waals surface area contributed by atoms with E-state index in [4.69, 9.17) is 0 Å². The molecule has 2 N–H and O–H groups in total. The van der Waals surface area contributed by atoms with Crippen LogP contribution >= 0.6 is 0 Å². The number of urea groups is 1. The first-order valence-corrected chi connectivity index (χ1v) is 11.8. The highest BCUT2D eigenvalue weighted by Gasteiger charge is 2.39. The summed E-state index contributed by atoms with van der Waals surface area (Å²) in [4.78, 5) is 30.4. The van der Waals surface area contributed by atoms with Gasteiger partial charge in [-0.05, 0) is 36.5 Å². The Hall–Kier alpha value is -3.29. The number of likely N-dealkylation sites (tertiary alicyclic amines) is 1. The third-order valence-electron chi connectivity index (χ3n) is 6.85. The molecule has 7 nitrogen and oxygen atoms in total. The molecule has 0 aliphatic carbocycles. The summed E-state index contributed by atoms with van der Waals surface area (Å²) in [5.41, 5.74) is 2.07. The zero-order valence-corrected chi connectivity index (χ0v) is 20.0. The molecule has 8 heteroatoms. The van der Waals surface area contributed by atoms with Crippen molar-refractivity contribution in [3.8, 4) is 0 Å². The second-order valence-corrected chi connectivity index (χ2v) is 10.2. The Bertz CT molecular complexity index is 1050. The van der Waals surface area contributed by atoms with Gasteiger partial charge in [-0.15, -0.1) is 0 Å². The number of carbonyl (C=O) groups excluding carboxylic acids is 1. The lowest BCUT2D eigenvalue weighted by Gasteiger charge is -2.45. The van der Waals surface area contributed by atoms with Gasteiger partial charge in [0.15, 0.2) is 0 Å². The average Bonchev–Trinajstić information content (AvgIpc) is 2.80. The third-order valence-corrected chi connectivity index (χ3v) is 6.85. The smallest absolute Gasteiger partial charge is 0.407 e. The predicted molar refractivity (Wildman–Crippen MR) is 131 cm³/mol. The molecule has 2 atom stereocenters. The number of hydrogen-bond donors (Lipinski definition) is 2. The van der Waals surface area contributed by atoms with E-state index in [0.717, 1.165) is 11.4 Å². The summed E-state index contributed by atoms with van der Waals surface area (Å²) in [6.07, 6.45) is 0.250. The van der Waals surface area contributed by atoms with Gasteiger partial charge in [0.25, 0.3) is 0 Å². The van der Waals surface area contributed by atoms with Gasteiger partial charge in [0.2, 0.25) is 0 Å². The zero-order chi connectivity index (χ0) is 24.5. The minimum atomic E-state index is -0.912. The van der Waals surface area contributed by atoms with Gasteiger partial charge in [0.1, 0.15) is 5.82 Å². The molecule has 2 aliphatic rings. The van der Waals surface area contributed by atoms with E-state index in [2.05, 4.69) is 10.2 Å². The highest BCUT2D eigenvalue weighted by atomic mass is 19.1. The number of amides is 3. The number of nitrogens with one attached hydrogen (secondary N) is 1. The Balaban J connectivity index is 1.48. The van der Waals surface area contributed by atoms with Crippen LogP contribution in [0.2, 0.25) is 0 Å². The van der Waals surface area contributed by atoms with Gasteiger partial charge in [-0.3, -0.25) is 4.90 Å². The molecule has 2 aromatic carbocycles. The molecule has 1 fully saturated rings. The molecule has 0 aromatic heterocycles. The minimum Gasteiger partial charge on any atom is -0.465 e. The largest absolute Gasteiger partial charge is 0.465 e. The number of rotatable bonds is 3. The van der Waals surface area contributed by atoms with Crippen molar-refractivity contribution in [1.29, 1.82) is 0 Å². The lowest BCUT2D eigenvalue weighted by atomic mass is 9.79. The maximum Gasteiger partial charge on any atom is 0.407 e. The highest BCUT2D eigenvalue weighted by Crippen LogP contribution is 2.35. The monoisotopic (exact) mass is 468 g/mol. The SMILES string of the molecule is CC(C)(C)C1CC(NC(=O)N2CCN(Cc3ccccc3F)c3ccccc32)CCN1C(=O)O. The lowest BCUT2D eigenvalue weighted by Crippen LogP contribution is -2.58. The molecule has 3 amide bonds. The molecule has 2 heterocycles. The number of hydrogen-bond acceptors (Lipinski definition) is 3. The van der Waals surface area contributed by atoms with Crippen molar-refractivity contribution < 1.29 is 19.1 Å². The molecule has 0 bridgehead atoms. The number of carbonyl (C=O) groups is 2. The topological polar surface area (TPSA) is 76.1 Å². The van der Waals surface area contributed by atoms with Gasteiger partial charge in [-0.2, -0.15) is 0 Å². The van der Waals surface area contributed by atoms with E-state index < -0.39 is 6.09 Å². The Labute approximate surface area is 200 Å². The van der Waals surface area contributed by atoms with Gasteiger partial charge in [0.05, 0.1) is 11.4 Å². The Morgan fingerprint density at radius 2 is 1.71 bits per heavy atom. The van der Waals surface area contributed by atoms with Crippen molar-refractivity contribution in [3.05, 3.63) is 59.9 Å². The molecule has 4 rings (SSSR count). The summed E-state index contributed by atoms with van der Waals surface area (Å²) >= 11 is 0. The Morgan fingerprint density at radius 3 is 2.38 bits per heavy atom. The van der Waals surface area contributed by atoms with E-state index >= 15 is 0 Å². The lowest BCUT2D eigenvalue weighted by molar-refractivity contribution is 0.0500. The number of para-hydroxylation sites is 2. The fourth-order valence-corrected chi connectivity index (χ4v) is 5.03. The predicted octanol–water partition coefficient (Wildman–Crippen LogP) is 4.92. The summed E-state index contributed by atoms with van der Waals surface area (Å²) < 4.78 is 14.2. The van der Waals surface area contributed by atoms with Gasteiger partial charge >= 0.3 is 12.1 Å². The summed E-state index contributed by atoms with van der Waals surface area (Å²) in [7, 11) is 0. The molecule has 0 radical (unpaired) electrons. The molecular weight excluding hydrogens is 435 g/mol. The molecule has 2 aliphatic heterocycles. The summed E-state index contributed by atoms with van der Waals surface area (Å²) in [5, 5.41) is 12.8. The summed E-state index contributed by atoms with van der Waals surface area (Å²) in [6, 6.07) is 14.0. The van der Waals surface area contributed by atoms with Gasteiger partial charge in [-0.1, -0.05) is 51.1 Å². The molecule has 2 aromatic rings. The maximum absolute atomic E-state index is 14.2. The number of anilines is 2. The van der Waals surface area contributed by atoms with E-state index in [1.165, 1.54) is 11.0 Å². The van der Waals surface area contributed by atoms with E-state index in [-0.39, 0.29) is 29.3 Å². The number of fused-ring (bicyclic) bond motifs is 1. The van der Waals surface area contributed by atoms with Crippen molar-refractivity contribution in [1.82, 2.24) is 10.2 Å². The van der Waals surface area contributed by atoms with E-state index in [0.29, 0.717) is 44.6 Å². The van der Waals surface area contributed by atoms with Crippen LogP contribution in [0.1, 0.15) is 39.2 Å². The van der Waals surface area contributed by atoms with Crippen LogP contribution in [0.3, 0.4) is 0 Å². The number of nitrogens with zero attached hydrogens (tertiary/aromatic N) is 3. The molecule has 34 heavy (non-hydrogen) atoms. The average molecular weight is 469 g/mol. The van der Waals surface area contributed by atoms with Gasteiger partial charge < -0.3 is 20.2 Å². The van der Waals surface area contributed by atoms with Crippen LogP contribution in [0, 0.1) is 11.2 Å². The van der Waals surface area contributed by atoms with Gasteiger partial charge in [-0.25, -0.2) is 14.0 Å². The van der Waals surface area contributed by atoms with Gasteiger partial charge in [0, 0.05) is 43.8 Å². The molecule has 0 spiro atoms. The Morgan fingerprint density at radius 1 is 1.03 bits per heavy atom. The van der Waals surface area contributed by atoms with Crippen LogP contribution in [0.4, 0.5) is 25.4 Å². The van der Waals surface area contributed by atoms with E-state index in [9.17, 15) is 19.1 Å². The van der Waals surface area contributed by atoms with Crippen molar-refractivity contribution in [3.63, 3.8) is 0 Å². The standard InChI is InChI=1S/C26H33FN4O3/c1-26(2,3)23-16-19(12-13-31(23)25(33)34)28-24(32)30-15-14-29(21-10-6-7-11-22(21)30)17-18-8-4-5-9-20(18)27/h4-11,19,23H,12-17H2,1-3H3,(H,28,32)(H,33,34). The summed E-state index contributed by atoms with van der Waals surface area (Å²) in [6.45, 7) is 7.98. The van der Waals surface area contributed by atoms with Crippen LogP contribution in [0.25, 0.3) is 0 Å². The third kappa shape index (κ3) is 4.95. The number of piperidine rings is 1. The first kappa shape index (κ1) is 23.9. The molecular formula is C26H33FN4O3. The number of benzene rings is 2. The van der Waals surface area contributed by atoms with Crippen LogP contribution in [-0.4, -0.2) is 53.8 Å². The Kier molecular flexibility index (Phi) is 6.68. The van der Waals surface area contributed by atoms with Crippen LogP contribution in [0.15, 0.2) is 48.5 Å². The minimum absolute atomic E-state index is 0.101. The normalized spacial score (nSPS) is 20.6. The van der Waals surface area contributed by atoms with Crippen molar-refractivity contribution >= 4 is 23.5 Å². The second-order valence-electron chi connectivity index (χ2n) is 10.2. The number of carboxylic acid groups (broad SMARTS) is 1. The molecule has 0 saturated carbocycles. The van der Waals surface area contributed by atoms with Crippen LogP contribution in [-0.2, 0) is 6.54 Å². The van der Waals surface area contributed by atoms with Crippen molar-refractivity contribution in [2.45, 2.75) is 52.2 Å². The molecule has 182 valence electrons. The highest BCUT2D eigenvalue weighted by molar-refractivity contribution is 5.97. The summed E-state index contributed by atoms with van der Waals surface area (Å²) in [5.74, 6) is -0.235.